The molecule has 0 bridgehead atoms. The fourth-order valence-electron chi connectivity index (χ4n) is 4.40. The smallest absolute Gasteiger partial charge is 0.0891 e. The van der Waals surface area contributed by atoms with Gasteiger partial charge in [-0.3, -0.25) is 0 Å². The van der Waals surface area contributed by atoms with Gasteiger partial charge in [-0.15, -0.1) is 0 Å². The highest BCUT2D eigenvalue weighted by molar-refractivity contribution is 5.43. The third-order valence-corrected chi connectivity index (χ3v) is 4.74. The molecule has 2 unspecified atom stereocenters. The predicted octanol–water partition coefficient (Wildman–Crippen LogP) is 6.53. The van der Waals surface area contributed by atoms with Crippen LogP contribution in [0.2, 0.25) is 0 Å². The molecule has 1 heteroatoms. The standard InChI is InChI=1S/C21H32O/c1-8-18(9-2)21(19(10-3)12-11-17(5)22)14-16(4)13-20(6,7)15-21/h8-12,16,22H,1,3,13-15H2,2,4-7H3/b17-11+,18-9+,19-12+. The van der Waals surface area contributed by atoms with Crippen molar-refractivity contribution in [1.29, 1.82) is 0 Å². The zero-order valence-electron chi connectivity index (χ0n) is 14.9. The molecule has 0 saturated heterocycles. The Morgan fingerprint density at radius 3 is 2.09 bits per heavy atom. The first-order chi connectivity index (χ1) is 10.2. The van der Waals surface area contributed by atoms with Crippen molar-refractivity contribution in [2.45, 2.75) is 53.9 Å². The molecule has 122 valence electrons. The topological polar surface area (TPSA) is 20.2 Å². The minimum Gasteiger partial charge on any atom is -0.513 e. The molecule has 1 saturated carbocycles. The predicted molar refractivity (Wildman–Crippen MR) is 97.8 cm³/mol. The van der Waals surface area contributed by atoms with Gasteiger partial charge < -0.3 is 5.11 Å². The van der Waals surface area contributed by atoms with Crippen LogP contribution in [0.25, 0.3) is 0 Å². The lowest BCUT2D eigenvalue weighted by molar-refractivity contribution is 0.103. The zero-order valence-corrected chi connectivity index (χ0v) is 14.9. The van der Waals surface area contributed by atoms with E-state index in [0.717, 1.165) is 12.8 Å². The monoisotopic (exact) mass is 300 g/mol. The second-order valence-electron chi connectivity index (χ2n) is 7.52. The van der Waals surface area contributed by atoms with Crippen LogP contribution in [0.3, 0.4) is 0 Å². The summed E-state index contributed by atoms with van der Waals surface area (Å²) in [4.78, 5) is 0. The molecule has 0 radical (unpaired) electrons. The Kier molecular flexibility index (Phi) is 6.05. The number of aliphatic hydroxyl groups excluding tert-OH is 1. The van der Waals surface area contributed by atoms with Crippen LogP contribution in [-0.2, 0) is 0 Å². The molecular formula is C21H32O. The van der Waals surface area contributed by atoms with Crippen LogP contribution in [0.4, 0.5) is 0 Å². The summed E-state index contributed by atoms with van der Waals surface area (Å²) in [6, 6.07) is 0. The molecule has 0 heterocycles. The lowest BCUT2D eigenvalue weighted by Gasteiger charge is -2.49. The van der Waals surface area contributed by atoms with Crippen LogP contribution < -0.4 is 0 Å². The van der Waals surface area contributed by atoms with Gasteiger partial charge in [-0.2, -0.15) is 0 Å². The minimum absolute atomic E-state index is 0.0641. The Hall–Kier alpha value is -1.50. The molecule has 22 heavy (non-hydrogen) atoms. The van der Waals surface area contributed by atoms with Crippen LogP contribution in [0.1, 0.15) is 53.9 Å². The Morgan fingerprint density at radius 1 is 1.09 bits per heavy atom. The van der Waals surface area contributed by atoms with Gasteiger partial charge in [-0.25, -0.2) is 0 Å². The molecule has 1 aliphatic carbocycles. The van der Waals surface area contributed by atoms with Gasteiger partial charge in [0.1, 0.15) is 0 Å². The molecular weight excluding hydrogens is 268 g/mol. The van der Waals surface area contributed by atoms with Crippen molar-refractivity contribution < 1.29 is 5.11 Å². The quantitative estimate of drug-likeness (QED) is 0.452. The van der Waals surface area contributed by atoms with Crippen LogP contribution >= 0.6 is 0 Å². The van der Waals surface area contributed by atoms with E-state index in [2.05, 4.69) is 46.9 Å². The van der Waals surface area contributed by atoms with E-state index in [9.17, 15) is 5.11 Å². The first-order valence-corrected chi connectivity index (χ1v) is 8.20. The van der Waals surface area contributed by atoms with Crippen LogP contribution in [0, 0.1) is 16.7 Å². The SMILES string of the molecule is C=C/C(=C\C)C1(/C(C=C)=C/C=C(\C)O)CC(C)CC(C)(C)C1. The van der Waals surface area contributed by atoms with E-state index in [1.165, 1.54) is 17.6 Å². The normalized spacial score (nSPS) is 30.0. The third kappa shape index (κ3) is 4.03. The second kappa shape index (κ2) is 7.17. The average molecular weight is 300 g/mol. The molecule has 0 spiro atoms. The summed E-state index contributed by atoms with van der Waals surface area (Å²) in [6.45, 7) is 18.9. The van der Waals surface area contributed by atoms with Crippen LogP contribution in [-0.4, -0.2) is 5.11 Å². The Morgan fingerprint density at radius 2 is 1.68 bits per heavy atom. The Labute approximate surface area is 136 Å². The van der Waals surface area contributed by atoms with E-state index in [0.29, 0.717) is 11.7 Å². The van der Waals surface area contributed by atoms with Crippen molar-refractivity contribution >= 4 is 0 Å². The second-order valence-corrected chi connectivity index (χ2v) is 7.52. The molecule has 1 fully saturated rings. The van der Waals surface area contributed by atoms with Gasteiger partial charge >= 0.3 is 0 Å². The van der Waals surface area contributed by atoms with E-state index in [-0.39, 0.29) is 10.8 Å². The number of hydrogen-bond acceptors (Lipinski definition) is 1. The molecule has 1 rings (SSSR count). The minimum atomic E-state index is -0.0641. The first kappa shape index (κ1) is 18.5. The number of rotatable bonds is 5. The molecule has 0 aliphatic heterocycles. The third-order valence-electron chi connectivity index (χ3n) is 4.74. The van der Waals surface area contributed by atoms with Crippen molar-refractivity contribution in [2.75, 3.05) is 0 Å². The van der Waals surface area contributed by atoms with E-state index in [1.54, 1.807) is 13.0 Å². The summed E-state index contributed by atoms with van der Waals surface area (Å²) in [7, 11) is 0. The summed E-state index contributed by atoms with van der Waals surface area (Å²) >= 11 is 0. The molecule has 1 aliphatic rings. The van der Waals surface area contributed by atoms with E-state index < -0.39 is 0 Å². The average Bonchev–Trinajstić information content (AvgIpc) is 2.37. The van der Waals surface area contributed by atoms with Crippen molar-refractivity contribution in [2.24, 2.45) is 16.7 Å². The summed E-state index contributed by atoms with van der Waals surface area (Å²) in [6.07, 6.45) is 13.3. The van der Waals surface area contributed by atoms with Crippen molar-refractivity contribution in [3.05, 3.63) is 60.4 Å². The zero-order chi connectivity index (χ0) is 17.0. The maximum Gasteiger partial charge on any atom is 0.0891 e. The maximum absolute atomic E-state index is 9.53. The number of aliphatic hydroxyl groups is 1. The summed E-state index contributed by atoms with van der Waals surface area (Å²) in [5.74, 6) is 0.958. The van der Waals surface area contributed by atoms with Crippen LogP contribution in [0.15, 0.2) is 60.4 Å². The van der Waals surface area contributed by atoms with Crippen molar-refractivity contribution in [3.63, 3.8) is 0 Å². The number of hydrogen-bond donors (Lipinski definition) is 1. The van der Waals surface area contributed by atoms with Gasteiger partial charge in [0, 0.05) is 5.41 Å². The maximum atomic E-state index is 9.53. The lowest BCUT2D eigenvalue weighted by atomic mass is 9.55. The molecule has 0 amide bonds. The van der Waals surface area contributed by atoms with E-state index in [1.807, 2.05) is 18.2 Å². The first-order valence-electron chi connectivity index (χ1n) is 8.20. The number of allylic oxidation sites excluding steroid dienone is 8. The molecule has 0 aromatic rings. The van der Waals surface area contributed by atoms with Gasteiger partial charge in [0.15, 0.2) is 0 Å². The van der Waals surface area contributed by atoms with E-state index >= 15 is 0 Å². The summed E-state index contributed by atoms with van der Waals surface area (Å²) in [5.41, 5.74) is 2.65. The van der Waals surface area contributed by atoms with Crippen molar-refractivity contribution in [1.82, 2.24) is 0 Å². The van der Waals surface area contributed by atoms with Gasteiger partial charge in [0.2, 0.25) is 0 Å². The highest BCUT2D eigenvalue weighted by atomic mass is 16.3. The highest BCUT2D eigenvalue weighted by Crippen LogP contribution is 2.56. The summed E-state index contributed by atoms with van der Waals surface area (Å²) in [5, 5.41) is 9.53. The van der Waals surface area contributed by atoms with E-state index in [4.69, 9.17) is 0 Å². The lowest BCUT2D eigenvalue weighted by Crippen LogP contribution is -2.39. The van der Waals surface area contributed by atoms with Gasteiger partial charge in [0.05, 0.1) is 5.76 Å². The van der Waals surface area contributed by atoms with Crippen LogP contribution in [0.5, 0.6) is 0 Å². The highest BCUT2D eigenvalue weighted by Gasteiger charge is 2.45. The van der Waals surface area contributed by atoms with Crippen molar-refractivity contribution in [3.8, 4) is 0 Å². The molecule has 1 nitrogen and oxygen atoms in total. The molecule has 2 atom stereocenters. The summed E-state index contributed by atoms with van der Waals surface area (Å²) < 4.78 is 0. The fraction of sp³-hybridized carbons (Fsp3) is 0.524. The van der Waals surface area contributed by atoms with Gasteiger partial charge in [-0.05, 0) is 61.7 Å². The largest absolute Gasteiger partial charge is 0.513 e. The molecule has 0 aromatic heterocycles. The Bertz CT molecular complexity index is 512. The molecule has 1 N–H and O–H groups in total. The molecule has 0 aromatic carbocycles. The Balaban J connectivity index is 3.52. The van der Waals surface area contributed by atoms with Gasteiger partial charge in [-0.1, -0.05) is 58.2 Å². The fourth-order valence-corrected chi connectivity index (χ4v) is 4.40. The van der Waals surface area contributed by atoms with Gasteiger partial charge in [0.25, 0.3) is 0 Å².